The molecule has 0 aromatic heterocycles. The molecule has 0 aliphatic heterocycles. The Morgan fingerprint density at radius 1 is 1.20 bits per heavy atom. The zero-order valence-corrected chi connectivity index (χ0v) is 14.8. The van der Waals surface area contributed by atoms with Gasteiger partial charge in [-0.3, -0.25) is 10.1 Å². The lowest BCUT2D eigenvalue weighted by molar-refractivity contribution is -0.384. The van der Waals surface area contributed by atoms with Gasteiger partial charge in [0.1, 0.15) is 5.75 Å². The van der Waals surface area contributed by atoms with E-state index in [-0.39, 0.29) is 11.4 Å². The number of amides is 1. The molecule has 138 valence electrons. The third kappa shape index (κ3) is 6.76. The molecule has 1 aromatic rings. The highest BCUT2D eigenvalue weighted by Crippen LogP contribution is 2.18. The van der Waals surface area contributed by atoms with Crippen molar-refractivity contribution in [2.75, 3.05) is 7.11 Å². The fourth-order valence-electron chi connectivity index (χ4n) is 2.02. The van der Waals surface area contributed by atoms with Gasteiger partial charge in [-0.05, 0) is 39.8 Å². The summed E-state index contributed by atoms with van der Waals surface area (Å²) in [5.41, 5.74) is -0.664. The second-order valence-corrected chi connectivity index (χ2v) is 6.22. The molecule has 0 radical (unpaired) electrons. The molecule has 25 heavy (non-hydrogen) atoms. The summed E-state index contributed by atoms with van der Waals surface area (Å²) in [6.07, 6.45) is -1.58. The van der Waals surface area contributed by atoms with E-state index in [0.29, 0.717) is 0 Å². The summed E-state index contributed by atoms with van der Waals surface area (Å²) in [7, 11) is 1.20. The highest BCUT2D eigenvalue weighted by atomic mass is 16.6. The number of non-ortho nitro benzene ring substituents is 1. The number of esters is 1. The highest BCUT2D eigenvalue weighted by molar-refractivity contribution is 5.82. The highest BCUT2D eigenvalue weighted by Gasteiger charge is 2.32. The Morgan fingerprint density at radius 3 is 2.20 bits per heavy atom. The van der Waals surface area contributed by atoms with E-state index in [1.54, 1.807) is 6.92 Å². The molecule has 2 atom stereocenters. The lowest BCUT2D eigenvalue weighted by Crippen LogP contribution is -2.51. The van der Waals surface area contributed by atoms with Crippen LogP contribution in [0.2, 0.25) is 0 Å². The molecule has 1 N–H and O–H groups in total. The summed E-state index contributed by atoms with van der Waals surface area (Å²) in [6.45, 7) is 7.06. The molecule has 9 nitrogen and oxygen atoms in total. The number of methoxy groups -OCH3 is 1. The van der Waals surface area contributed by atoms with Crippen LogP contribution in [0.5, 0.6) is 5.75 Å². The zero-order valence-electron chi connectivity index (χ0n) is 14.8. The summed E-state index contributed by atoms with van der Waals surface area (Å²) >= 11 is 0. The van der Waals surface area contributed by atoms with Gasteiger partial charge in [-0.15, -0.1) is 0 Å². The number of nitro groups is 1. The minimum atomic E-state index is -1.07. The smallest absolute Gasteiger partial charge is 0.413 e. The Labute approximate surface area is 145 Å². The maximum absolute atomic E-state index is 12.0. The van der Waals surface area contributed by atoms with Crippen LogP contribution >= 0.6 is 0 Å². The van der Waals surface area contributed by atoms with Gasteiger partial charge < -0.3 is 19.5 Å². The SMILES string of the molecule is COC(=O)[C@@H](NC(=O)Oc1ccc([N+](=O)[O-])cc1)C(C)OC(C)(C)C. The van der Waals surface area contributed by atoms with Gasteiger partial charge >= 0.3 is 12.1 Å². The number of nitro benzene ring substituents is 1. The maximum Gasteiger partial charge on any atom is 0.413 e. The van der Waals surface area contributed by atoms with Crippen molar-refractivity contribution in [2.24, 2.45) is 0 Å². The number of carbonyl (C=O) groups excluding carboxylic acids is 2. The van der Waals surface area contributed by atoms with E-state index in [0.717, 1.165) is 0 Å². The summed E-state index contributed by atoms with van der Waals surface area (Å²) in [5, 5.41) is 13.0. The summed E-state index contributed by atoms with van der Waals surface area (Å²) in [4.78, 5) is 33.9. The number of ether oxygens (including phenoxy) is 3. The molecular formula is C16H22N2O7. The van der Waals surface area contributed by atoms with Gasteiger partial charge in [0.2, 0.25) is 0 Å². The molecule has 0 aliphatic rings. The molecular weight excluding hydrogens is 332 g/mol. The molecule has 0 spiro atoms. The Morgan fingerprint density at radius 2 is 1.76 bits per heavy atom. The first kappa shape index (κ1) is 20.4. The van der Waals surface area contributed by atoms with Crippen molar-refractivity contribution in [1.82, 2.24) is 5.32 Å². The van der Waals surface area contributed by atoms with Gasteiger partial charge in [0, 0.05) is 12.1 Å². The van der Waals surface area contributed by atoms with Crippen LogP contribution in [0, 0.1) is 10.1 Å². The number of rotatable bonds is 6. The lowest BCUT2D eigenvalue weighted by Gasteiger charge is -2.29. The number of nitrogens with one attached hydrogen (secondary N) is 1. The number of hydrogen-bond acceptors (Lipinski definition) is 7. The van der Waals surface area contributed by atoms with E-state index >= 15 is 0 Å². The molecule has 0 aliphatic carbocycles. The Bertz CT molecular complexity index is 622. The largest absolute Gasteiger partial charge is 0.467 e. The van der Waals surface area contributed by atoms with E-state index in [4.69, 9.17) is 9.47 Å². The van der Waals surface area contributed by atoms with Gasteiger partial charge in [-0.1, -0.05) is 0 Å². The fraction of sp³-hybridized carbons (Fsp3) is 0.500. The monoisotopic (exact) mass is 354 g/mol. The fourth-order valence-corrected chi connectivity index (χ4v) is 2.02. The topological polar surface area (TPSA) is 117 Å². The number of benzene rings is 1. The van der Waals surface area contributed by atoms with E-state index in [9.17, 15) is 19.7 Å². The Hall–Kier alpha value is -2.68. The average molecular weight is 354 g/mol. The number of carbonyl (C=O) groups is 2. The summed E-state index contributed by atoms with van der Waals surface area (Å²) in [5.74, 6) is -0.589. The third-order valence-corrected chi connectivity index (χ3v) is 3.00. The van der Waals surface area contributed by atoms with Gasteiger partial charge in [-0.2, -0.15) is 0 Å². The second kappa shape index (κ2) is 8.43. The first-order valence-electron chi connectivity index (χ1n) is 7.52. The zero-order chi connectivity index (χ0) is 19.2. The van der Waals surface area contributed by atoms with Crippen molar-refractivity contribution in [2.45, 2.75) is 45.4 Å². The van der Waals surface area contributed by atoms with Crippen molar-refractivity contribution in [3.8, 4) is 5.75 Å². The van der Waals surface area contributed by atoms with Crippen molar-refractivity contribution in [3.05, 3.63) is 34.4 Å². The molecule has 1 rings (SSSR count). The van der Waals surface area contributed by atoms with Crippen LogP contribution in [0.4, 0.5) is 10.5 Å². The van der Waals surface area contributed by atoms with E-state index in [1.807, 2.05) is 20.8 Å². The van der Waals surface area contributed by atoms with E-state index in [1.165, 1.54) is 31.4 Å². The quantitative estimate of drug-likeness (QED) is 0.473. The number of hydrogen-bond donors (Lipinski definition) is 1. The lowest BCUT2D eigenvalue weighted by atomic mass is 10.1. The maximum atomic E-state index is 12.0. The molecule has 0 bridgehead atoms. The first-order valence-corrected chi connectivity index (χ1v) is 7.52. The van der Waals surface area contributed by atoms with Gasteiger partial charge in [0.05, 0.1) is 23.7 Å². The Balaban J connectivity index is 2.77. The van der Waals surface area contributed by atoms with Crippen molar-refractivity contribution in [1.29, 1.82) is 0 Å². The van der Waals surface area contributed by atoms with Crippen LogP contribution in [-0.4, -0.2) is 41.8 Å². The van der Waals surface area contributed by atoms with Crippen molar-refractivity contribution in [3.63, 3.8) is 0 Å². The van der Waals surface area contributed by atoms with Crippen LogP contribution in [-0.2, 0) is 14.3 Å². The van der Waals surface area contributed by atoms with Crippen LogP contribution in [0.3, 0.4) is 0 Å². The minimum absolute atomic E-state index is 0.0936. The van der Waals surface area contributed by atoms with Gasteiger partial charge in [0.25, 0.3) is 5.69 Å². The molecule has 0 saturated heterocycles. The van der Waals surface area contributed by atoms with E-state index < -0.39 is 34.7 Å². The molecule has 1 amide bonds. The molecule has 1 unspecified atom stereocenters. The predicted octanol–water partition coefficient (Wildman–Crippen LogP) is 2.43. The Kier molecular flexibility index (Phi) is 6.86. The average Bonchev–Trinajstić information content (AvgIpc) is 2.50. The van der Waals surface area contributed by atoms with Crippen LogP contribution in [0.25, 0.3) is 0 Å². The molecule has 0 fully saturated rings. The first-order chi connectivity index (χ1) is 11.5. The molecule has 1 aromatic carbocycles. The van der Waals surface area contributed by atoms with Crippen LogP contribution in [0.15, 0.2) is 24.3 Å². The van der Waals surface area contributed by atoms with Gasteiger partial charge in [-0.25, -0.2) is 9.59 Å². The summed E-state index contributed by atoms with van der Waals surface area (Å²) in [6, 6.07) is 3.88. The van der Waals surface area contributed by atoms with Gasteiger partial charge in [0.15, 0.2) is 6.04 Å². The summed E-state index contributed by atoms with van der Waals surface area (Å²) < 4.78 is 15.4. The van der Waals surface area contributed by atoms with Crippen molar-refractivity contribution >= 4 is 17.7 Å². The second-order valence-electron chi connectivity index (χ2n) is 6.22. The van der Waals surface area contributed by atoms with Crippen LogP contribution < -0.4 is 10.1 Å². The molecule has 0 saturated carbocycles. The van der Waals surface area contributed by atoms with Crippen LogP contribution in [0.1, 0.15) is 27.7 Å². The van der Waals surface area contributed by atoms with Crippen molar-refractivity contribution < 1.29 is 28.7 Å². The normalized spacial score (nSPS) is 13.5. The minimum Gasteiger partial charge on any atom is -0.467 e. The predicted molar refractivity (Wildman–Crippen MR) is 88.4 cm³/mol. The van der Waals surface area contributed by atoms with E-state index in [2.05, 4.69) is 10.1 Å². The standard InChI is InChI=1S/C16H22N2O7/c1-10(25-16(2,3)4)13(14(19)23-5)17-15(20)24-12-8-6-11(7-9-12)18(21)22/h6-10,13H,1-5H3,(H,17,20)/t10?,13-/m0/s1. The number of nitrogens with zero attached hydrogens (tertiary/aromatic N) is 1. The molecule has 9 heteroatoms. The third-order valence-electron chi connectivity index (χ3n) is 3.00. The molecule has 0 heterocycles.